The van der Waals surface area contributed by atoms with Gasteiger partial charge in [0.1, 0.15) is 5.75 Å². The quantitative estimate of drug-likeness (QED) is 0.860. The van der Waals surface area contributed by atoms with Crippen LogP contribution in [0.1, 0.15) is 34.8 Å². The lowest BCUT2D eigenvalue weighted by atomic mass is 10.1. The van der Waals surface area contributed by atoms with E-state index in [2.05, 4.69) is 35.8 Å². The van der Waals surface area contributed by atoms with Gasteiger partial charge in [0.2, 0.25) is 0 Å². The number of fused-ring (bicyclic) bond motifs is 1. The van der Waals surface area contributed by atoms with Crippen LogP contribution in [0.4, 0.5) is 5.69 Å². The molecule has 1 heterocycles. The minimum atomic E-state index is -0.0690. The van der Waals surface area contributed by atoms with Gasteiger partial charge in [-0.25, -0.2) is 0 Å². The summed E-state index contributed by atoms with van der Waals surface area (Å²) in [5.41, 5.74) is 4.29. The highest BCUT2D eigenvalue weighted by Crippen LogP contribution is 2.23. The number of benzene rings is 2. The van der Waals surface area contributed by atoms with Crippen molar-refractivity contribution in [2.75, 3.05) is 18.5 Å². The van der Waals surface area contributed by atoms with Gasteiger partial charge in [-0.2, -0.15) is 0 Å². The van der Waals surface area contributed by atoms with E-state index >= 15 is 0 Å². The Balaban J connectivity index is 1.56. The highest BCUT2D eigenvalue weighted by Gasteiger charge is 2.11. The van der Waals surface area contributed by atoms with E-state index in [1.807, 2.05) is 12.1 Å². The first-order valence-corrected chi connectivity index (χ1v) is 8.13. The summed E-state index contributed by atoms with van der Waals surface area (Å²) in [6, 6.07) is 13.6. The second-order valence-electron chi connectivity index (χ2n) is 5.72. The van der Waals surface area contributed by atoms with Crippen molar-refractivity contribution >= 4 is 11.6 Å². The summed E-state index contributed by atoms with van der Waals surface area (Å²) in [4.78, 5) is 12.2. The van der Waals surface area contributed by atoms with Crippen LogP contribution in [0.2, 0.25) is 0 Å². The molecule has 1 aliphatic rings. The maximum Gasteiger partial charge on any atom is 0.251 e. The SMILES string of the molecule is CCCOc1ccc(C(=O)NCc2ccc3c(c2)NCC3)cc1. The van der Waals surface area contributed by atoms with Crippen LogP contribution in [0, 0.1) is 0 Å². The van der Waals surface area contributed by atoms with Gasteiger partial charge in [-0.05, 0) is 54.3 Å². The molecule has 2 N–H and O–H groups in total. The number of nitrogens with one attached hydrogen (secondary N) is 2. The zero-order valence-electron chi connectivity index (χ0n) is 13.4. The van der Waals surface area contributed by atoms with Crippen molar-refractivity contribution in [3.8, 4) is 5.75 Å². The Morgan fingerprint density at radius 2 is 2.04 bits per heavy atom. The maximum absolute atomic E-state index is 12.2. The molecule has 2 aromatic rings. The molecule has 0 atom stereocenters. The molecule has 0 spiro atoms. The first-order valence-electron chi connectivity index (χ1n) is 8.13. The molecule has 0 aliphatic carbocycles. The molecule has 4 heteroatoms. The van der Waals surface area contributed by atoms with Crippen molar-refractivity contribution < 1.29 is 9.53 Å². The third-order valence-electron chi connectivity index (χ3n) is 3.93. The van der Waals surface area contributed by atoms with E-state index in [-0.39, 0.29) is 5.91 Å². The lowest BCUT2D eigenvalue weighted by molar-refractivity contribution is 0.0951. The Bertz CT molecular complexity index is 680. The minimum Gasteiger partial charge on any atom is -0.494 e. The molecule has 0 bridgehead atoms. The summed E-state index contributed by atoms with van der Waals surface area (Å²) in [6.07, 6.45) is 2.05. The monoisotopic (exact) mass is 310 g/mol. The Kier molecular flexibility index (Phi) is 4.81. The highest BCUT2D eigenvalue weighted by molar-refractivity contribution is 5.94. The number of ether oxygens (including phenoxy) is 1. The van der Waals surface area contributed by atoms with Crippen LogP contribution in [0.25, 0.3) is 0 Å². The number of hydrogen-bond acceptors (Lipinski definition) is 3. The molecule has 0 aromatic heterocycles. The number of carbonyl (C=O) groups excluding carboxylic acids is 1. The van der Waals surface area contributed by atoms with E-state index in [0.717, 1.165) is 30.7 Å². The van der Waals surface area contributed by atoms with Crippen LogP contribution in [0.5, 0.6) is 5.75 Å². The summed E-state index contributed by atoms with van der Waals surface area (Å²) in [6.45, 7) is 4.29. The normalized spacial score (nSPS) is 12.4. The molecule has 0 fully saturated rings. The van der Waals surface area contributed by atoms with Crippen LogP contribution in [-0.4, -0.2) is 19.1 Å². The van der Waals surface area contributed by atoms with Gasteiger partial charge in [0.05, 0.1) is 6.61 Å². The Morgan fingerprint density at radius 1 is 1.22 bits per heavy atom. The molecule has 23 heavy (non-hydrogen) atoms. The zero-order valence-corrected chi connectivity index (χ0v) is 13.4. The summed E-state index contributed by atoms with van der Waals surface area (Å²) < 4.78 is 5.52. The number of carbonyl (C=O) groups is 1. The van der Waals surface area contributed by atoms with E-state index in [4.69, 9.17) is 4.74 Å². The second kappa shape index (κ2) is 7.18. The van der Waals surface area contributed by atoms with Gasteiger partial charge in [0.25, 0.3) is 5.91 Å². The molecule has 0 saturated carbocycles. The molecule has 0 saturated heterocycles. The summed E-state index contributed by atoms with van der Waals surface area (Å²) in [5, 5.41) is 6.32. The maximum atomic E-state index is 12.2. The lowest BCUT2D eigenvalue weighted by Crippen LogP contribution is -2.22. The van der Waals surface area contributed by atoms with Gasteiger partial charge < -0.3 is 15.4 Å². The molecule has 1 amide bonds. The fourth-order valence-corrected chi connectivity index (χ4v) is 2.65. The van der Waals surface area contributed by atoms with Gasteiger partial charge in [0, 0.05) is 24.3 Å². The van der Waals surface area contributed by atoms with E-state index in [9.17, 15) is 4.79 Å². The molecule has 4 nitrogen and oxygen atoms in total. The number of anilines is 1. The van der Waals surface area contributed by atoms with E-state index in [1.165, 1.54) is 11.3 Å². The lowest BCUT2D eigenvalue weighted by Gasteiger charge is -2.09. The number of rotatable bonds is 6. The molecule has 2 aromatic carbocycles. The van der Waals surface area contributed by atoms with Crippen LogP contribution in [-0.2, 0) is 13.0 Å². The van der Waals surface area contributed by atoms with Crippen LogP contribution in [0.3, 0.4) is 0 Å². The van der Waals surface area contributed by atoms with Gasteiger partial charge in [0.15, 0.2) is 0 Å². The third-order valence-corrected chi connectivity index (χ3v) is 3.93. The Hall–Kier alpha value is -2.49. The van der Waals surface area contributed by atoms with Gasteiger partial charge in [-0.3, -0.25) is 4.79 Å². The number of hydrogen-bond donors (Lipinski definition) is 2. The van der Waals surface area contributed by atoms with Crippen LogP contribution in [0.15, 0.2) is 42.5 Å². The molecular weight excluding hydrogens is 288 g/mol. The smallest absolute Gasteiger partial charge is 0.251 e. The summed E-state index contributed by atoms with van der Waals surface area (Å²) in [5.74, 6) is 0.730. The molecule has 0 radical (unpaired) electrons. The third kappa shape index (κ3) is 3.83. The minimum absolute atomic E-state index is 0.0690. The van der Waals surface area contributed by atoms with Crippen molar-refractivity contribution in [3.05, 3.63) is 59.2 Å². The predicted octanol–water partition coefficient (Wildman–Crippen LogP) is 3.37. The molecule has 3 rings (SSSR count). The number of amides is 1. The van der Waals surface area contributed by atoms with Crippen molar-refractivity contribution in [3.63, 3.8) is 0 Å². The van der Waals surface area contributed by atoms with E-state index in [0.29, 0.717) is 18.7 Å². The average molecular weight is 310 g/mol. The van der Waals surface area contributed by atoms with Crippen molar-refractivity contribution in [1.82, 2.24) is 5.32 Å². The predicted molar refractivity (Wildman–Crippen MR) is 92.0 cm³/mol. The first-order chi connectivity index (χ1) is 11.3. The molecule has 120 valence electrons. The van der Waals surface area contributed by atoms with Gasteiger partial charge in [-0.1, -0.05) is 19.1 Å². The highest BCUT2D eigenvalue weighted by atomic mass is 16.5. The first kappa shape index (κ1) is 15.4. The zero-order chi connectivity index (χ0) is 16.1. The molecule has 1 aliphatic heterocycles. The van der Waals surface area contributed by atoms with Crippen molar-refractivity contribution in [1.29, 1.82) is 0 Å². The fraction of sp³-hybridized carbons (Fsp3) is 0.316. The van der Waals surface area contributed by atoms with E-state index < -0.39 is 0 Å². The molecule has 0 unspecified atom stereocenters. The molecular formula is C19H22N2O2. The van der Waals surface area contributed by atoms with Gasteiger partial charge in [-0.15, -0.1) is 0 Å². The average Bonchev–Trinajstić information content (AvgIpc) is 3.06. The standard InChI is InChI=1S/C19H22N2O2/c1-2-11-23-17-7-5-16(6-8-17)19(22)21-13-14-3-4-15-9-10-20-18(15)12-14/h3-8,12,20H,2,9-11,13H2,1H3,(H,21,22). The van der Waals surface area contributed by atoms with Crippen LogP contribution >= 0.6 is 0 Å². The van der Waals surface area contributed by atoms with Crippen LogP contribution < -0.4 is 15.4 Å². The van der Waals surface area contributed by atoms with E-state index in [1.54, 1.807) is 12.1 Å². The summed E-state index contributed by atoms with van der Waals surface area (Å²) >= 11 is 0. The van der Waals surface area contributed by atoms with Crippen molar-refractivity contribution in [2.24, 2.45) is 0 Å². The fourth-order valence-electron chi connectivity index (χ4n) is 2.65. The van der Waals surface area contributed by atoms with Crippen molar-refractivity contribution in [2.45, 2.75) is 26.3 Å². The second-order valence-corrected chi connectivity index (χ2v) is 5.72. The topological polar surface area (TPSA) is 50.4 Å². The summed E-state index contributed by atoms with van der Waals surface area (Å²) in [7, 11) is 0. The largest absolute Gasteiger partial charge is 0.494 e. The Morgan fingerprint density at radius 3 is 2.83 bits per heavy atom. The Labute approximate surface area is 136 Å². The van der Waals surface area contributed by atoms with Gasteiger partial charge >= 0.3 is 0 Å².